The molecule has 0 amide bonds. The Hall–Kier alpha value is -2.73. The average Bonchev–Trinajstić information content (AvgIpc) is 3.37. The lowest BCUT2D eigenvalue weighted by Crippen LogP contribution is -2.22. The summed E-state index contributed by atoms with van der Waals surface area (Å²) in [6.07, 6.45) is 0.0389. The van der Waals surface area contributed by atoms with Crippen LogP contribution in [0.1, 0.15) is 30.4 Å². The SMILES string of the molecule is CO[P+](C)(C)c1c(C#N)ccc2c(-c3nc(N[C@H]4CC[C@H](N)C4)ncc3C(F)(F)F)c[nH]c12. The number of halogens is 3. The van der Waals surface area contributed by atoms with Crippen LogP contribution in [0.2, 0.25) is 0 Å². The smallest absolute Gasteiger partial charge is 0.357 e. The van der Waals surface area contributed by atoms with E-state index in [1.807, 2.05) is 13.3 Å². The van der Waals surface area contributed by atoms with Crippen molar-refractivity contribution >= 4 is 29.6 Å². The molecular formula is C22H25F3N6OP+. The van der Waals surface area contributed by atoms with E-state index in [9.17, 15) is 18.4 Å². The second-order valence-corrected chi connectivity index (χ2v) is 12.1. The van der Waals surface area contributed by atoms with Gasteiger partial charge < -0.3 is 16.0 Å². The van der Waals surface area contributed by atoms with Crippen molar-refractivity contribution < 1.29 is 17.7 Å². The molecule has 2 aromatic heterocycles. The molecule has 1 fully saturated rings. The predicted octanol–water partition coefficient (Wildman–Crippen LogP) is 4.27. The van der Waals surface area contributed by atoms with Gasteiger partial charge in [-0.2, -0.15) is 18.4 Å². The number of aromatic amines is 1. The van der Waals surface area contributed by atoms with Crippen LogP contribution in [0.3, 0.4) is 0 Å². The van der Waals surface area contributed by atoms with Gasteiger partial charge >= 0.3 is 6.18 Å². The van der Waals surface area contributed by atoms with Gasteiger partial charge in [0.2, 0.25) is 5.95 Å². The lowest BCUT2D eigenvalue weighted by molar-refractivity contribution is -0.137. The summed E-state index contributed by atoms with van der Waals surface area (Å²) in [5.74, 6) is 0.130. The van der Waals surface area contributed by atoms with Crippen LogP contribution in [0.25, 0.3) is 22.2 Å². The fourth-order valence-corrected chi connectivity index (χ4v) is 5.93. The Morgan fingerprint density at radius 3 is 2.67 bits per heavy atom. The number of nitrogens with zero attached hydrogens (tertiary/aromatic N) is 3. The summed E-state index contributed by atoms with van der Waals surface area (Å²) in [5.41, 5.74) is 6.08. The lowest BCUT2D eigenvalue weighted by atomic mass is 10.0. The summed E-state index contributed by atoms with van der Waals surface area (Å²) in [4.78, 5) is 11.3. The van der Waals surface area contributed by atoms with Crippen LogP contribution >= 0.6 is 7.49 Å². The third kappa shape index (κ3) is 4.41. The molecule has 0 radical (unpaired) electrons. The van der Waals surface area contributed by atoms with Crippen molar-refractivity contribution in [3.63, 3.8) is 0 Å². The molecule has 0 spiro atoms. The number of alkyl halides is 3. The number of nitrogens with two attached hydrogens (primary N) is 1. The molecule has 2 atom stereocenters. The van der Waals surface area contributed by atoms with E-state index in [0.717, 1.165) is 19.0 Å². The standard InChI is InChI=1S/C22H25F3N6OP/c1-32-33(2,3)20-12(9-26)4-7-15-16(10-28-19(15)20)18-17(22(23,24)25)11-29-21(31-18)30-14-6-5-13(27)8-14/h4,7,10-11,13-14,28H,5-6,8,27H2,1-3H3,(H,29,30,31)/q+1/t13-,14-/m0/s1. The summed E-state index contributed by atoms with van der Waals surface area (Å²) >= 11 is 0. The van der Waals surface area contributed by atoms with Gasteiger partial charge in [0.1, 0.15) is 11.6 Å². The van der Waals surface area contributed by atoms with Gasteiger partial charge in [-0.05, 0) is 25.3 Å². The Balaban J connectivity index is 1.88. The molecule has 1 aromatic carbocycles. The lowest BCUT2D eigenvalue weighted by Gasteiger charge is -2.17. The molecule has 1 aliphatic rings. The molecule has 174 valence electrons. The van der Waals surface area contributed by atoms with Crippen molar-refractivity contribution in [2.24, 2.45) is 5.73 Å². The zero-order chi connectivity index (χ0) is 24.0. The molecule has 2 heterocycles. The first-order chi connectivity index (χ1) is 15.5. The van der Waals surface area contributed by atoms with Crippen molar-refractivity contribution in [1.29, 1.82) is 5.26 Å². The van der Waals surface area contributed by atoms with Crippen molar-refractivity contribution in [3.05, 3.63) is 35.7 Å². The molecule has 3 aromatic rings. The molecular weight excluding hydrogens is 452 g/mol. The van der Waals surface area contributed by atoms with E-state index in [4.69, 9.17) is 10.3 Å². The minimum Gasteiger partial charge on any atom is -0.357 e. The van der Waals surface area contributed by atoms with Gasteiger partial charge in [0, 0.05) is 35.4 Å². The van der Waals surface area contributed by atoms with Crippen molar-refractivity contribution in [2.45, 2.75) is 37.5 Å². The van der Waals surface area contributed by atoms with Gasteiger partial charge in [0.25, 0.3) is 0 Å². The van der Waals surface area contributed by atoms with Crippen LogP contribution in [0.5, 0.6) is 0 Å². The van der Waals surface area contributed by atoms with Crippen LogP contribution < -0.4 is 16.4 Å². The molecule has 0 saturated heterocycles. The Morgan fingerprint density at radius 1 is 1.30 bits per heavy atom. The largest absolute Gasteiger partial charge is 0.419 e. The number of H-pyrrole nitrogens is 1. The number of fused-ring (bicyclic) bond motifs is 1. The number of hydrogen-bond acceptors (Lipinski definition) is 6. The fourth-order valence-electron chi connectivity index (χ4n) is 4.31. The molecule has 11 heteroatoms. The van der Waals surface area contributed by atoms with Crippen molar-refractivity contribution in [1.82, 2.24) is 15.0 Å². The maximum atomic E-state index is 13.9. The molecule has 0 unspecified atom stereocenters. The first-order valence-corrected chi connectivity index (χ1v) is 13.1. The van der Waals surface area contributed by atoms with Crippen LogP contribution in [0, 0.1) is 11.3 Å². The fraction of sp³-hybridized carbons (Fsp3) is 0.409. The van der Waals surface area contributed by atoms with E-state index < -0.39 is 19.2 Å². The predicted molar refractivity (Wildman–Crippen MR) is 124 cm³/mol. The quantitative estimate of drug-likeness (QED) is 0.473. The third-order valence-electron chi connectivity index (χ3n) is 6.10. The van der Waals surface area contributed by atoms with Gasteiger partial charge in [-0.3, -0.25) is 0 Å². The van der Waals surface area contributed by atoms with E-state index in [0.29, 0.717) is 28.2 Å². The summed E-state index contributed by atoms with van der Waals surface area (Å²) in [7, 11) is -0.601. The van der Waals surface area contributed by atoms with Gasteiger partial charge in [-0.1, -0.05) is 6.07 Å². The molecule has 0 bridgehead atoms. The van der Waals surface area contributed by atoms with Crippen LogP contribution in [0.4, 0.5) is 19.1 Å². The zero-order valence-corrected chi connectivity index (χ0v) is 19.4. The molecule has 1 aliphatic carbocycles. The number of rotatable bonds is 5. The van der Waals surface area contributed by atoms with Crippen molar-refractivity contribution in [3.8, 4) is 17.3 Å². The molecule has 7 nitrogen and oxygen atoms in total. The van der Waals surface area contributed by atoms with E-state index in [1.54, 1.807) is 19.2 Å². The average molecular weight is 477 g/mol. The van der Waals surface area contributed by atoms with Gasteiger partial charge in [-0.15, -0.1) is 0 Å². The summed E-state index contributed by atoms with van der Waals surface area (Å²) in [5, 5.41) is 14.0. The topological polar surface area (TPSA) is 113 Å². The van der Waals surface area contributed by atoms with E-state index in [2.05, 4.69) is 26.3 Å². The maximum Gasteiger partial charge on any atom is 0.419 e. The monoisotopic (exact) mass is 477 g/mol. The summed E-state index contributed by atoms with van der Waals surface area (Å²) in [6, 6.07) is 5.50. The molecule has 0 aliphatic heterocycles. The second kappa shape index (κ2) is 8.56. The number of benzene rings is 1. The van der Waals surface area contributed by atoms with Crippen LogP contribution in [-0.4, -0.2) is 47.5 Å². The number of anilines is 1. The number of aromatic nitrogens is 3. The minimum absolute atomic E-state index is 0.0182. The first-order valence-electron chi connectivity index (χ1n) is 10.5. The highest BCUT2D eigenvalue weighted by Crippen LogP contribution is 2.53. The Kier molecular flexibility index (Phi) is 6.08. The first kappa shape index (κ1) is 23.4. The van der Waals surface area contributed by atoms with Crippen LogP contribution in [-0.2, 0) is 10.7 Å². The molecule has 4 N–H and O–H groups in total. The minimum atomic E-state index is -4.64. The Labute approximate surface area is 190 Å². The normalized spacial score (nSPS) is 19.1. The third-order valence-corrected chi connectivity index (χ3v) is 8.55. The van der Waals surface area contributed by atoms with Gasteiger partial charge in [0.05, 0.1) is 37.2 Å². The highest BCUT2D eigenvalue weighted by atomic mass is 31.2. The zero-order valence-electron chi connectivity index (χ0n) is 18.5. The van der Waals surface area contributed by atoms with E-state index in [1.165, 1.54) is 6.20 Å². The van der Waals surface area contributed by atoms with Crippen molar-refractivity contribution in [2.75, 3.05) is 25.8 Å². The molecule has 4 rings (SSSR count). The van der Waals surface area contributed by atoms with Gasteiger partial charge in [-0.25, -0.2) is 14.5 Å². The van der Waals surface area contributed by atoms with E-state index in [-0.39, 0.29) is 29.3 Å². The summed E-state index contributed by atoms with van der Waals surface area (Å²) < 4.78 is 47.3. The Bertz CT molecular complexity index is 1230. The number of nitrogens with one attached hydrogen (secondary N) is 2. The molecule has 1 saturated carbocycles. The number of hydrogen-bond donors (Lipinski definition) is 3. The van der Waals surface area contributed by atoms with E-state index >= 15 is 0 Å². The second-order valence-electron chi connectivity index (χ2n) is 8.60. The maximum absolute atomic E-state index is 13.9. The highest BCUT2D eigenvalue weighted by molar-refractivity contribution is 7.77. The van der Waals surface area contributed by atoms with Gasteiger partial charge in [0.15, 0.2) is 12.8 Å². The van der Waals surface area contributed by atoms with Crippen LogP contribution in [0.15, 0.2) is 24.5 Å². The number of nitriles is 1. The molecule has 33 heavy (non-hydrogen) atoms. The Morgan fingerprint density at radius 2 is 2.06 bits per heavy atom. The highest BCUT2D eigenvalue weighted by Gasteiger charge is 2.38. The summed E-state index contributed by atoms with van der Waals surface area (Å²) in [6.45, 7) is 3.81.